The van der Waals surface area contributed by atoms with Gasteiger partial charge in [0.05, 0.1) is 19.8 Å². The molecule has 0 radical (unpaired) electrons. The van der Waals surface area contributed by atoms with Crippen LogP contribution < -0.4 is 5.32 Å². The van der Waals surface area contributed by atoms with Crippen molar-refractivity contribution < 1.29 is 9.84 Å². The quantitative estimate of drug-likeness (QED) is 0.576. The van der Waals surface area contributed by atoms with Crippen LogP contribution in [0.3, 0.4) is 0 Å². The minimum Gasteiger partial charge on any atom is -0.394 e. The Labute approximate surface area is 153 Å². The van der Waals surface area contributed by atoms with Gasteiger partial charge in [0.25, 0.3) is 0 Å². The number of ether oxygens (including phenoxy) is 1. The maximum absolute atomic E-state index is 8.70. The number of aliphatic hydroxyl groups is 1. The minimum absolute atomic E-state index is 0.0676. The Morgan fingerprint density at radius 2 is 1.84 bits per heavy atom. The smallest absolute Gasteiger partial charge is 0.0698 e. The van der Waals surface area contributed by atoms with Gasteiger partial charge in [-0.3, -0.25) is 0 Å². The topological polar surface area (TPSA) is 46.4 Å². The third kappa shape index (κ3) is 4.83. The van der Waals surface area contributed by atoms with E-state index in [4.69, 9.17) is 21.4 Å². The molecule has 1 heterocycles. The molecule has 0 aliphatic carbocycles. The lowest BCUT2D eigenvalue weighted by molar-refractivity contribution is 0.0938. The van der Waals surface area contributed by atoms with Gasteiger partial charge in [0.1, 0.15) is 0 Å². The Bertz CT molecular complexity index is 799. The zero-order valence-electron chi connectivity index (χ0n) is 14.1. The summed E-state index contributed by atoms with van der Waals surface area (Å²) in [7, 11) is 0. The first-order valence-electron chi connectivity index (χ1n) is 8.48. The predicted octanol–water partition coefficient (Wildman–Crippen LogP) is 3.44. The summed E-state index contributed by atoms with van der Waals surface area (Å²) in [5, 5.41) is 14.1. The van der Waals surface area contributed by atoms with Crippen molar-refractivity contribution in [3.63, 3.8) is 0 Å². The van der Waals surface area contributed by atoms with Crippen LogP contribution in [0.25, 0.3) is 10.9 Å². The van der Waals surface area contributed by atoms with Gasteiger partial charge in [-0.15, -0.1) is 0 Å². The first-order chi connectivity index (χ1) is 12.3. The number of hydrogen-bond donors (Lipinski definition) is 2. The van der Waals surface area contributed by atoms with Gasteiger partial charge in [-0.2, -0.15) is 0 Å². The molecule has 0 atom stereocenters. The Balaban J connectivity index is 1.70. The van der Waals surface area contributed by atoms with Crippen molar-refractivity contribution in [1.29, 1.82) is 0 Å². The summed E-state index contributed by atoms with van der Waals surface area (Å²) in [6.07, 6.45) is 2.21. The number of nitrogens with one attached hydrogen (secondary N) is 1. The van der Waals surface area contributed by atoms with E-state index in [-0.39, 0.29) is 6.61 Å². The van der Waals surface area contributed by atoms with Crippen molar-refractivity contribution in [2.75, 3.05) is 26.4 Å². The van der Waals surface area contributed by atoms with Crippen molar-refractivity contribution in [1.82, 2.24) is 9.88 Å². The highest BCUT2D eigenvalue weighted by molar-refractivity contribution is 6.30. The molecule has 0 amide bonds. The lowest BCUT2D eigenvalue weighted by Crippen LogP contribution is -2.19. The molecule has 2 N–H and O–H groups in total. The van der Waals surface area contributed by atoms with E-state index in [1.165, 1.54) is 22.0 Å². The Morgan fingerprint density at radius 1 is 1.04 bits per heavy atom. The molecule has 132 valence electrons. The molecule has 4 nitrogen and oxygen atoms in total. The highest BCUT2D eigenvalue weighted by atomic mass is 35.5. The van der Waals surface area contributed by atoms with Crippen LogP contribution in [0.4, 0.5) is 0 Å². The van der Waals surface area contributed by atoms with E-state index in [1.54, 1.807) is 0 Å². The first kappa shape index (κ1) is 18.0. The number of nitrogens with zero attached hydrogens (tertiary/aromatic N) is 1. The van der Waals surface area contributed by atoms with Gasteiger partial charge in [-0.1, -0.05) is 41.9 Å². The number of aliphatic hydroxyl groups excluding tert-OH is 1. The van der Waals surface area contributed by atoms with E-state index in [0.717, 1.165) is 24.7 Å². The standard InChI is InChI=1S/C20H23ClN2O2/c21-18-7-5-16(6-8-18)14-23-15-17(13-22-9-11-25-12-10-24)19-3-1-2-4-20(19)23/h1-8,15,22,24H,9-14H2. The van der Waals surface area contributed by atoms with E-state index in [0.29, 0.717) is 13.2 Å². The summed E-state index contributed by atoms with van der Waals surface area (Å²) in [5.74, 6) is 0. The van der Waals surface area contributed by atoms with Crippen LogP contribution in [-0.2, 0) is 17.8 Å². The third-order valence-corrected chi connectivity index (χ3v) is 4.36. The van der Waals surface area contributed by atoms with Crippen molar-refractivity contribution in [2.45, 2.75) is 13.1 Å². The second-order valence-electron chi connectivity index (χ2n) is 5.94. The molecular weight excluding hydrogens is 336 g/mol. The predicted molar refractivity (Wildman–Crippen MR) is 102 cm³/mol. The number of halogens is 1. The van der Waals surface area contributed by atoms with Crippen LogP contribution in [0.2, 0.25) is 5.02 Å². The van der Waals surface area contributed by atoms with E-state index in [9.17, 15) is 0 Å². The van der Waals surface area contributed by atoms with Crippen LogP contribution in [0.1, 0.15) is 11.1 Å². The fraction of sp³-hybridized carbons (Fsp3) is 0.300. The zero-order valence-corrected chi connectivity index (χ0v) is 14.9. The summed E-state index contributed by atoms with van der Waals surface area (Å²) >= 11 is 5.98. The van der Waals surface area contributed by atoms with Gasteiger partial charge in [0.2, 0.25) is 0 Å². The molecule has 0 fully saturated rings. The average molecular weight is 359 g/mol. The number of hydrogen-bond acceptors (Lipinski definition) is 3. The van der Waals surface area contributed by atoms with Crippen LogP contribution in [-0.4, -0.2) is 36.0 Å². The number of fused-ring (bicyclic) bond motifs is 1. The Hall–Kier alpha value is -1.85. The highest BCUT2D eigenvalue weighted by Gasteiger charge is 2.08. The number of rotatable bonds is 9. The lowest BCUT2D eigenvalue weighted by atomic mass is 10.2. The van der Waals surface area contributed by atoms with Gasteiger partial charge in [-0.05, 0) is 29.3 Å². The van der Waals surface area contributed by atoms with Gasteiger partial charge in [0.15, 0.2) is 0 Å². The molecule has 0 saturated carbocycles. The summed E-state index contributed by atoms with van der Waals surface area (Å²) in [6.45, 7) is 3.43. The summed E-state index contributed by atoms with van der Waals surface area (Å²) in [6, 6.07) is 16.4. The number of aromatic nitrogens is 1. The maximum Gasteiger partial charge on any atom is 0.0698 e. The molecule has 1 aromatic heterocycles. The normalized spacial score (nSPS) is 11.3. The van der Waals surface area contributed by atoms with Crippen molar-refractivity contribution in [2.24, 2.45) is 0 Å². The molecule has 3 rings (SSSR count). The third-order valence-electron chi connectivity index (χ3n) is 4.11. The molecule has 25 heavy (non-hydrogen) atoms. The molecule has 0 aliphatic rings. The van der Waals surface area contributed by atoms with E-state index >= 15 is 0 Å². The summed E-state index contributed by atoms with van der Waals surface area (Å²) in [4.78, 5) is 0. The molecule has 3 aromatic rings. The molecule has 0 unspecified atom stereocenters. The van der Waals surface area contributed by atoms with E-state index in [1.807, 2.05) is 12.1 Å². The second-order valence-corrected chi connectivity index (χ2v) is 6.38. The Morgan fingerprint density at radius 3 is 2.64 bits per heavy atom. The van der Waals surface area contributed by atoms with Gasteiger partial charge in [-0.25, -0.2) is 0 Å². The van der Waals surface area contributed by atoms with Crippen molar-refractivity contribution in [3.05, 3.63) is 70.9 Å². The largest absolute Gasteiger partial charge is 0.394 e. The van der Waals surface area contributed by atoms with Crippen LogP contribution in [0.15, 0.2) is 54.7 Å². The van der Waals surface area contributed by atoms with Crippen LogP contribution >= 0.6 is 11.6 Å². The molecule has 0 bridgehead atoms. The molecular formula is C20H23ClN2O2. The van der Waals surface area contributed by atoms with Gasteiger partial charge < -0.3 is 19.7 Å². The summed E-state index contributed by atoms with van der Waals surface area (Å²) in [5.41, 5.74) is 3.72. The van der Waals surface area contributed by atoms with Gasteiger partial charge in [0, 0.05) is 41.8 Å². The Kier molecular flexibility index (Phi) is 6.48. The highest BCUT2D eigenvalue weighted by Crippen LogP contribution is 2.22. The fourth-order valence-corrected chi connectivity index (χ4v) is 3.04. The first-order valence-corrected chi connectivity index (χ1v) is 8.86. The molecule has 2 aromatic carbocycles. The molecule has 0 spiro atoms. The zero-order chi connectivity index (χ0) is 17.5. The number of para-hydroxylation sites is 1. The average Bonchev–Trinajstić information content (AvgIpc) is 2.98. The number of benzene rings is 2. The SMILES string of the molecule is OCCOCCNCc1cn(Cc2ccc(Cl)cc2)c2ccccc12. The second kappa shape index (κ2) is 9.02. The summed E-state index contributed by atoms with van der Waals surface area (Å²) < 4.78 is 7.55. The molecule has 0 saturated heterocycles. The molecule has 0 aliphatic heterocycles. The van der Waals surface area contributed by atoms with E-state index in [2.05, 4.69) is 52.5 Å². The van der Waals surface area contributed by atoms with Gasteiger partial charge >= 0.3 is 0 Å². The van der Waals surface area contributed by atoms with Crippen molar-refractivity contribution >= 4 is 22.5 Å². The minimum atomic E-state index is 0.0676. The van der Waals surface area contributed by atoms with Crippen molar-refractivity contribution in [3.8, 4) is 0 Å². The van der Waals surface area contributed by atoms with Crippen LogP contribution in [0, 0.1) is 0 Å². The van der Waals surface area contributed by atoms with E-state index < -0.39 is 0 Å². The lowest BCUT2D eigenvalue weighted by Gasteiger charge is -2.05. The monoisotopic (exact) mass is 358 g/mol. The fourth-order valence-electron chi connectivity index (χ4n) is 2.92. The van der Waals surface area contributed by atoms with Crippen LogP contribution in [0.5, 0.6) is 0 Å². The molecule has 5 heteroatoms. The maximum atomic E-state index is 8.70.